The van der Waals surface area contributed by atoms with Gasteiger partial charge in [0.25, 0.3) is 0 Å². The number of nitrogen functional groups attached to an aromatic ring is 1. The number of hydrogen-bond donors (Lipinski definition) is 3. The molecule has 0 radical (unpaired) electrons. The Balaban J connectivity index is 0.000000604. The highest BCUT2D eigenvalue weighted by molar-refractivity contribution is 5.74. The maximum Gasteiger partial charge on any atom is 0.229 e. The highest BCUT2D eigenvalue weighted by Crippen LogP contribution is 2.26. The molecule has 3 aliphatic rings. The molecule has 2 aromatic carbocycles. The summed E-state index contributed by atoms with van der Waals surface area (Å²) in [5, 5.41) is 6.83. The fourth-order valence-electron chi connectivity index (χ4n) is 6.22. The normalized spacial score (nSPS) is 16.9. The molecule has 8 heteroatoms. The number of nitrogens with one attached hydrogen (secondary N) is 2. The summed E-state index contributed by atoms with van der Waals surface area (Å²) >= 11 is 0. The van der Waals surface area contributed by atoms with Crippen LogP contribution < -0.4 is 16.4 Å². The van der Waals surface area contributed by atoms with Crippen LogP contribution in [-0.4, -0.2) is 64.0 Å². The summed E-state index contributed by atoms with van der Waals surface area (Å²) in [6.45, 7) is 6.28. The number of nitrogens with two attached hydrogens (primary N) is 1. The Labute approximate surface area is 286 Å². The van der Waals surface area contributed by atoms with E-state index in [0.29, 0.717) is 17.8 Å². The quantitative estimate of drug-likeness (QED) is 0.177. The van der Waals surface area contributed by atoms with Crippen molar-refractivity contribution in [3.05, 3.63) is 95.4 Å². The summed E-state index contributed by atoms with van der Waals surface area (Å²) in [5.74, 6) is 7.30. The molecule has 0 atom stereocenters. The Morgan fingerprint density at radius 2 is 1.50 bits per heavy atom. The van der Waals surface area contributed by atoms with Gasteiger partial charge >= 0.3 is 0 Å². The molecule has 8 nitrogen and oxygen atoms in total. The molecule has 2 saturated carbocycles. The molecular formula is C40H50N8. The van der Waals surface area contributed by atoms with E-state index in [4.69, 9.17) is 5.73 Å². The van der Waals surface area contributed by atoms with Crippen molar-refractivity contribution in [1.29, 1.82) is 0 Å². The molecule has 4 aromatic rings. The number of piperazine rings is 1. The lowest BCUT2D eigenvalue weighted by Gasteiger charge is -2.32. The third-order valence-electron chi connectivity index (χ3n) is 9.59. The molecule has 0 unspecified atom stereocenters. The summed E-state index contributed by atoms with van der Waals surface area (Å²) < 4.78 is 0. The third kappa shape index (κ3) is 10.1. The van der Waals surface area contributed by atoms with E-state index >= 15 is 0 Å². The summed E-state index contributed by atoms with van der Waals surface area (Å²) in [7, 11) is 2.18. The average Bonchev–Trinajstić information content (AvgIpc) is 3.10. The molecule has 3 fully saturated rings. The van der Waals surface area contributed by atoms with Crippen LogP contribution in [0.3, 0.4) is 0 Å². The minimum absolute atomic E-state index is 0.444. The van der Waals surface area contributed by atoms with Crippen LogP contribution in [0.5, 0.6) is 0 Å². The van der Waals surface area contributed by atoms with E-state index in [1.807, 2.05) is 36.5 Å². The highest BCUT2D eigenvalue weighted by Gasteiger charge is 2.16. The fourth-order valence-corrected chi connectivity index (χ4v) is 6.22. The van der Waals surface area contributed by atoms with Gasteiger partial charge in [0.15, 0.2) is 0 Å². The Kier molecular flexibility index (Phi) is 12.0. The second kappa shape index (κ2) is 17.2. The monoisotopic (exact) mass is 642 g/mol. The summed E-state index contributed by atoms with van der Waals surface area (Å²) in [6.07, 6.45) is 16.5. The molecular weight excluding hydrogens is 592 g/mol. The molecule has 0 amide bonds. The number of nitrogens with zero attached hydrogens (tertiary/aromatic N) is 5. The number of hydrogen-bond acceptors (Lipinski definition) is 8. The molecule has 1 saturated heterocycles. The zero-order chi connectivity index (χ0) is 33.0. The van der Waals surface area contributed by atoms with Crippen molar-refractivity contribution < 1.29 is 0 Å². The van der Waals surface area contributed by atoms with Crippen molar-refractivity contribution in [2.75, 3.05) is 44.3 Å². The van der Waals surface area contributed by atoms with Crippen LogP contribution in [0.25, 0.3) is 11.1 Å². The predicted molar refractivity (Wildman–Crippen MR) is 197 cm³/mol. The van der Waals surface area contributed by atoms with Crippen molar-refractivity contribution in [2.24, 2.45) is 0 Å². The first-order valence-electron chi connectivity index (χ1n) is 17.8. The first kappa shape index (κ1) is 33.6. The highest BCUT2D eigenvalue weighted by atomic mass is 15.2. The molecule has 2 aliphatic carbocycles. The number of pyridine rings is 1. The Morgan fingerprint density at radius 1 is 0.792 bits per heavy atom. The van der Waals surface area contributed by atoms with Gasteiger partial charge in [-0.3, -0.25) is 4.90 Å². The Bertz CT molecular complexity index is 1630. The van der Waals surface area contributed by atoms with Crippen LogP contribution in [0, 0.1) is 11.8 Å². The van der Waals surface area contributed by atoms with Gasteiger partial charge in [0, 0.05) is 74.5 Å². The topological polar surface area (TPSA) is 95.2 Å². The second-order valence-corrected chi connectivity index (χ2v) is 13.4. The zero-order valence-corrected chi connectivity index (χ0v) is 28.4. The van der Waals surface area contributed by atoms with Crippen molar-refractivity contribution in [2.45, 2.75) is 76.9 Å². The van der Waals surface area contributed by atoms with E-state index in [1.54, 1.807) is 6.20 Å². The van der Waals surface area contributed by atoms with Crippen LogP contribution in [0.1, 0.15) is 80.2 Å². The zero-order valence-electron chi connectivity index (χ0n) is 28.4. The Morgan fingerprint density at radius 3 is 2.15 bits per heavy atom. The lowest BCUT2D eigenvalue weighted by molar-refractivity contribution is 0.148. The summed E-state index contributed by atoms with van der Waals surface area (Å²) in [6, 6.07) is 21.2. The summed E-state index contributed by atoms with van der Waals surface area (Å²) in [4.78, 5) is 18.3. The number of likely N-dealkylation sites (N-methyl/N-ethyl adjacent to an activating group) is 1. The SMILES string of the molecule is C1CCCCC1.CN1CCN(Cc2ccc(-c3cnc(Nc4ccc(C#Cc5cc(CNC6CCC6)ccn5)cc4)nc3N)cc2)CC1. The largest absolute Gasteiger partial charge is 0.383 e. The molecule has 48 heavy (non-hydrogen) atoms. The molecule has 4 N–H and O–H groups in total. The summed E-state index contributed by atoms with van der Waals surface area (Å²) in [5.41, 5.74) is 13.3. The molecule has 2 aromatic heterocycles. The van der Waals surface area contributed by atoms with Gasteiger partial charge in [0.1, 0.15) is 11.5 Å². The molecule has 3 heterocycles. The first-order chi connectivity index (χ1) is 23.6. The van der Waals surface area contributed by atoms with E-state index in [9.17, 15) is 0 Å². The molecule has 250 valence electrons. The van der Waals surface area contributed by atoms with Crippen LogP contribution in [0.15, 0.2) is 73.1 Å². The van der Waals surface area contributed by atoms with Crippen molar-refractivity contribution in [1.82, 2.24) is 30.1 Å². The van der Waals surface area contributed by atoms with E-state index in [1.165, 1.54) is 68.9 Å². The lowest BCUT2D eigenvalue weighted by atomic mass is 9.93. The van der Waals surface area contributed by atoms with Gasteiger partial charge in [0.05, 0.1) is 0 Å². The van der Waals surface area contributed by atoms with E-state index in [2.05, 4.69) is 84.6 Å². The number of benzene rings is 2. The maximum atomic E-state index is 6.35. The first-order valence-corrected chi connectivity index (χ1v) is 17.8. The minimum Gasteiger partial charge on any atom is -0.383 e. The van der Waals surface area contributed by atoms with Crippen LogP contribution in [-0.2, 0) is 13.1 Å². The Hall–Kier alpha value is -4.29. The van der Waals surface area contributed by atoms with Crippen LogP contribution >= 0.6 is 0 Å². The smallest absolute Gasteiger partial charge is 0.229 e. The van der Waals surface area contributed by atoms with Crippen molar-refractivity contribution in [3.63, 3.8) is 0 Å². The number of aromatic nitrogens is 3. The number of anilines is 3. The van der Waals surface area contributed by atoms with Gasteiger partial charge < -0.3 is 21.3 Å². The van der Waals surface area contributed by atoms with E-state index < -0.39 is 0 Å². The van der Waals surface area contributed by atoms with Crippen LogP contribution in [0.2, 0.25) is 0 Å². The predicted octanol–water partition coefficient (Wildman–Crippen LogP) is 6.99. The van der Waals surface area contributed by atoms with Gasteiger partial charge in [-0.15, -0.1) is 0 Å². The fraction of sp³-hybridized carbons (Fsp3) is 0.425. The molecule has 0 spiro atoms. The minimum atomic E-state index is 0.444. The lowest BCUT2D eigenvalue weighted by Crippen LogP contribution is -2.43. The van der Waals surface area contributed by atoms with E-state index in [-0.39, 0.29) is 0 Å². The van der Waals surface area contributed by atoms with Gasteiger partial charge in [-0.1, -0.05) is 75.1 Å². The second-order valence-electron chi connectivity index (χ2n) is 13.4. The van der Waals surface area contributed by atoms with Crippen molar-refractivity contribution >= 4 is 17.5 Å². The van der Waals surface area contributed by atoms with Gasteiger partial charge in [-0.05, 0) is 78.9 Å². The van der Waals surface area contributed by atoms with Gasteiger partial charge in [0.2, 0.25) is 5.95 Å². The van der Waals surface area contributed by atoms with Crippen LogP contribution in [0.4, 0.5) is 17.5 Å². The third-order valence-corrected chi connectivity index (χ3v) is 9.59. The van der Waals surface area contributed by atoms with E-state index in [0.717, 1.165) is 67.3 Å². The standard InChI is InChI=1S/C34H38N8.C6H12/c1-41-17-19-42(20-18-41)24-26-5-10-28(11-6-26)32-23-38-34(40-33(32)35)39-30-12-7-25(8-13-30)9-14-31-21-27(15-16-36-31)22-37-29-3-2-4-29;1-2-4-6-5-3-1/h5-8,10-13,15-16,21,23,29,37H,2-4,17-20,22,24H2,1H3,(H3,35,38,39,40);1-6H2. The number of rotatable bonds is 8. The average molecular weight is 643 g/mol. The maximum absolute atomic E-state index is 6.35. The van der Waals surface area contributed by atoms with Gasteiger partial charge in [-0.25, -0.2) is 9.97 Å². The molecule has 7 rings (SSSR count). The molecule has 0 bridgehead atoms. The molecule has 1 aliphatic heterocycles. The van der Waals surface area contributed by atoms with Crippen molar-refractivity contribution in [3.8, 4) is 23.0 Å². The van der Waals surface area contributed by atoms with Gasteiger partial charge in [-0.2, -0.15) is 4.98 Å².